The standard InChI is InChI=1S/C21H15ClN2O3/c1-3-10-24-20(25)17(13(2)18(12-23)21(24)26)11-16-8-9-19(27-16)14-4-6-15(22)7-5-14/h3-9,11H,1,10H2,2H3/b17-11+. The zero-order valence-corrected chi connectivity index (χ0v) is 15.3. The lowest BCUT2D eigenvalue weighted by molar-refractivity contribution is -0.139. The number of hydrogen-bond acceptors (Lipinski definition) is 4. The number of imide groups is 1. The molecule has 1 aromatic carbocycles. The number of carbonyl (C=O) groups excluding carboxylic acids is 2. The van der Waals surface area contributed by atoms with Gasteiger partial charge in [0.05, 0.1) is 0 Å². The van der Waals surface area contributed by atoms with Gasteiger partial charge in [0.2, 0.25) is 0 Å². The predicted octanol–water partition coefficient (Wildman–Crippen LogP) is 4.38. The van der Waals surface area contributed by atoms with Crippen molar-refractivity contribution in [3.63, 3.8) is 0 Å². The second-order valence-corrected chi connectivity index (χ2v) is 6.32. The van der Waals surface area contributed by atoms with Gasteiger partial charge in [0.25, 0.3) is 11.8 Å². The van der Waals surface area contributed by atoms with Crippen molar-refractivity contribution in [2.24, 2.45) is 0 Å². The molecule has 1 aliphatic rings. The van der Waals surface area contributed by atoms with Gasteiger partial charge in [-0.3, -0.25) is 14.5 Å². The topological polar surface area (TPSA) is 74.3 Å². The lowest BCUT2D eigenvalue weighted by atomic mass is 9.94. The molecule has 0 N–H and O–H groups in total. The summed E-state index contributed by atoms with van der Waals surface area (Å²) in [6.07, 6.45) is 2.98. The van der Waals surface area contributed by atoms with Crippen LogP contribution < -0.4 is 0 Å². The van der Waals surface area contributed by atoms with Crippen LogP contribution in [0, 0.1) is 11.3 Å². The maximum Gasteiger partial charge on any atom is 0.271 e. The van der Waals surface area contributed by atoms with E-state index in [1.54, 1.807) is 31.2 Å². The van der Waals surface area contributed by atoms with Crippen LogP contribution in [0.15, 0.2) is 70.2 Å². The molecule has 27 heavy (non-hydrogen) atoms. The molecule has 0 radical (unpaired) electrons. The van der Waals surface area contributed by atoms with Crippen LogP contribution in [0.4, 0.5) is 0 Å². The molecule has 0 saturated carbocycles. The molecule has 0 saturated heterocycles. The maximum atomic E-state index is 12.7. The average molecular weight is 379 g/mol. The summed E-state index contributed by atoms with van der Waals surface area (Å²) in [6, 6.07) is 12.5. The van der Waals surface area contributed by atoms with Crippen LogP contribution in [0.25, 0.3) is 17.4 Å². The molecule has 0 bridgehead atoms. The van der Waals surface area contributed by atoms with E-state index in [1.807, 2.05) is 18.2 Å². The SMILES string of the molecule is C=CCN1C(=O)C(C#N)=C(C)/C(=C\c2ccc(-c3ccc(Cl)cc3)o2)C1=O. The van der Waals surface area contributed by atoms with Crippen LogP contribution in [0.2, 0.25) is 5.02 Å². The number of furan rings is 1. The smallest absolute Gasteiger partial charge is 0.271 e. The van der Waals surface area contributed by atoms with E-state index in [2.05, 4.69) is 6.58 Å². The van der Waals surface area contributed by atoms with Crippen LogP contribution in [0.1, 0.15) is 12.7 Å². The largest absolute Gasteiger partial charge is 0.457 e. The van der Waals surface area contributed by atoms with Crippen molar-refractivity contribution in [1.29, 1.82) is 5.26 Å². The van der Waals surface area contributed by atoms with Gasteiger partial charge < -0.3 is 4.42 Å². The van der Waals surface area contributed by atoms with Crippen molar-refractivity contribution < 1.29 is 14.0 Å². The monoisotopic (exact) mass is 378 g/mol. The normalized spacial score (nSPS) is 16.0. The zero-order chi connectivity index (χ0) is 19.6. The summed E-state index contributed by atoms with van der Waals surface area (Å²) in [7, 11) is 0. The Balaban J connectivity index is 2.02. The Kier molecular flexibility index (Phi) is 5.11. The second kappa shape index (κ2) is 7.48. The van der Waals surface area contributed by atoms with E-state index in [1.165, 1.54) is 12.2 Å². The molecule has 0 spiro atoms. The van der Waals surface area contributed by atoms with Crippen LogP contribution in [-0.4, -0.2) is 23.3 Å². The number of hydrogen-bond donors (Lipinski definition) is 0. The fourth-order valence-corrected chi connectivity index (χ4v) is 2.89. The first-order valence-corrected chi connectivity index (χ1v) is 8.50. The third-order valence-corrected chi connectivity index (χ3v) is 4.43. The van der Waals surface area contributed by atoms with Crippen molar-refractivity contribution in [1.82, 2.24) is 4.90 Å². The highest BCUT2D eigenvalue weighted by Crippen LogP contribution is 2.29. The Morgan fingerprint density at radius 1 is 1.19 bits per heavy atom. The van der Waals surface area contributed by atoms with Gasteiger partial charge in [0.15, 0.2) is 0 Å². The molecular weight excluding hydrogens is 364 g/mol. The molecule has 134 valence electrons. The van der Waals surface area contributed by atoms with E-state index in [4.69, 9.17) is 16.0 Å². The van der Waals surface area contributed by atoms with Crippen molar-refractivity contribution in [3.05, 3.63) is 76.6 Å². The third-order valence-electron chi connectivity index (χ3n) is 4.18. The summed E-state index contributed by atoms with van der Waals surface area (Å²) in [4.78, 5) is 26.0. The average Bonchev–Trinajstić information content (AvgIpc) is 3.12. The molecule has 3 rings (SSSR count). The maximum absolute atomic E-state index is 12.7. The predicted molar refractivity (Wildman–Crippen MR) is 102 cm³/mol. The minimum atomic E-state index is -0.613. The summed E-state index contributed by atoms with van der Waals surface area (Å²) in [5.74, 6) is -0.0463. The zero-order valence-electron chi connectivity index (χ0n) is 14.5. The molecule has 0 atom stereocenters. The minimum Gasteiger partial charge on any atom is -0.457 e. The summed E-state index contributed by atoms with van der Waals surface area (Å²) in [6.45, 7) is 5.16. The molecule has 1 aromatic heterocycles. The first-order valence-electron chi connectivity index (χ1n) is 8.12. The first-order chi connectivity index (χ1) is 13.0. The number of nitrogens with zero attached hydrogens (tertiary/aromatic N) is 2. The quantitative estimate of drug-likeness (QED) is 0.449. The summed E-state index contributed by atoms with van der Waals surface area (Å²) in [5.41, 5.74) is 1.35. The van der Waals surface area contributed by atoms with E-state index in [0.29, 0.717) is 22.1 Å². The van der Waals surface area contributed by atoms with Crippen molar-refractivity contribution in [2.75, 3.05) is 6.54 Å². The fourth-order valence-electron chi connectivity index (χ4n) is 2.77. The Morgan fingerprint density at radius 2 is 1.89 bits per heavy atom. The Labute approximate surface area is 161 Å². The van der Waals surface area contributed by atoms with Gasteiger partial charge in [-0.25, -0.2) is 0 Å². The van der Waals surface area contributed by atoms with Gasteiger partial charge in [0, 0.05) is 22.7 Å². The van der Waals surface area contributed by atoms with Crippen LogP contribution in [0.3, 0.4) is 0 Å². The van der Waals surface area contributed by atoms with Gasteiger partial charge in [-0.1, -0.05) is 17.7 Å². The molecule has 0 aliphatic carbocycles. The third kappa shape index (κ3) is 3.48. The number of nitriles is 1. The van der Waals surface area contributed by atoms with Crippen molar-refractivity contribution in [2.45, 2.75) is 6.92 Å². The van der Waals surface area contributed by atoms with Crippen molar-refractivity contribution in [3.8, 4) is 17.4 Å². The molecule has 2 amide bonds. The number of carbonyl (C=O) groups is 2. The van der Waals surface area contributed by atoms with E-state index in [-0.39, 0.29) is 17.7 Å². The molecule has 0 fully saturated rings. The van der Waals surface area contributed by atoms with Gasteiger partial charge in [0.1, 0.15) is 23.2 Å². The van der Waals surface area contributed by atoms with E-state index < -0.39 is 11.8 Å². The minimum absolute atomic E-state index is 0.0294. The van der Waals surface area contributed by atoms with Gasteiger partial charge in [-0.05, 0) is 55.0 Å². The number of rotatable bonds is 4. The van der Waals surface area contributed by atoms with Gasteiger partial charge in [-0.15, -0.1) is 6.58 Å². The summed E-state index contributed by atoms with van der Waals surface area (Å²) >= 11 is 5.90. The molecule has 1 aliphatic heterocycles. The van der Waals surface area contributed by atoms with Gasteiger partial charge >= 0.3 is 0 Å². The summed E-state index contributed by atoms with van der Waals surface area (Å²) in [5, 5.41) is 9.93. The van der Waals surface area contributed by atoms with Crippen molar-refractivity contribution >= 4 is 29.5 Å². The van der Waals surface area contributed by atoms with E-state index >= 15 is 0 Å². The lowest BCUT2D eigenvalue weighted by Crippen LogP contribution is -2.42. The Morgan fingerprint density at radius 3 is 2.52 bits per heavy atom. The molecule has 0 unspecified atom stereocenters. The Bertz CT molecular complexity index is 1040. The number of benzene rings is 1. The highest BCUT2D eigenvalue weighted by atomic mass is 35.5. The highest BCUT2D eigenvalue weighted by Gasteiger charge is 2.34. The fraction of sp³-hybridized carbons (Fsp3) is 0.0952. The molecule has 2 heterocycles. The summed E-state index contributed by atoms with van der Waals surface area (Å²) < 4.78 is 5.80. The van der Waals surface area contributed by atoms with E-state index in [0.717, 1.165) is 10.5 Å². The Hall–Kier alpha value is -3.36. The van der Waals surface area contributed by atoms with Crippen LogP contribution in [0.5, 0.6) is 0 Å². The van der Waals surface area contributed by atoms with Crippen LogP contribution >= 0.6 is 11.6 Å². The first kappa shape index (κ1) is 18.4. The highest BCUT2D eigenvalue weighted by molar-refractivity contribution is 6.30. The number of halogens is 1. The van der Waals surface area contributed by atoms with E-state index in [9.17, 15) is 14.9 Å². The van der Waals surface area contributed by atoms with Crippen LogP contribution in [-0.2, 0) is 9.59 Å². The molecule has 6 heteroatoms. The molecule has 5 nitrogen and oxygen atoms in total. The molecule has 2 aromatic rings. The van der Waals surface area contributed by atoms with Gasteiger partial charge in [-0.2, -0.15) is 5.26 Å². The number of amides is 2. The second-order valence-electron chi connectivity index (χ2n) is 5.89. The lowest BCUT2D eigenvalue weighted by Gasteiger charge is -2.26. The molecular formula is C21H15ClN2O3.